The molecule has 1 fully saturated rings. The Kier molecular flexibility index (Phi) is 4.44. The normalized spacial score (nSPS) is 19.8. The molecule has 0 bridgehead atoms. The molecule has 2 aromatic rings. The largest absolute Gasteiger partial charge is 0.474 e. The van der Waals surface area contributed by atoms with E-state index in [1.165, 1.54) is 12.1 Å². The van der Waals surface area contributed by atoms with Gasteiger partial charge < -0.3 is 19.7 Å². The summed E-state index contributed by atoms with van der Waals surface area (Å²) in [7, 11) is 0. The number of nitrogens with one attached hydrogen (secondary N) is 1. The van der Waals surface area contributed by atoms with E-state index in [0.717, 1.165) is 35.7 Å². The molecule has 6 heteroatoms. The predicted molar refractivity (Wildman–Crippen MR) is 95.1 cm³/mol. The smallest absolute Gasteiger partial charge is 0.239 e. The number of fused-ring (bicyclic) bond motifs is 1. The van der Waals surface area contributed by atoms with Gasteiger partial charge in [-0.1, -0.05) is 12.1 Å². The Morgan fingerprint density at radius 2 is 2.00 bits per heavy atom. The summed E-state index contributed by atoms with van der Waals surface area (Å²) in [6.45, 7) is 5.71. The second kappa shape index (κ2) is 6.88. The van der Waals surface area contributed by atoms with Crippen LogP contribution in [-0.4, -0.2) is 43.9 Å². The van der Waals surface area contributed by atoms with Crippen molar-refractivity contribution in [3.05, 3.63) is 47.3 Å². The van der Waals surface area contributed by atoms with Crippen LogP contribution in [0, 0.1) is 5.82 Å². The summed E-state index contributed by atoms with van der Waals surface area (Å²) in [6.07, 6.45) is 0.698. The van der Waals surface area contributed by atoms with Crippen LogP contribution in [0.4, 0.5) is 15.9 Å². The molecule has 4 rings (SSSR count). The third-order valence-electron chi connectivity index (χ3n) is 4.53. The highest BCUT2D eigenvalue weighted by Gasteiger charge is 2.23. The minimum Gasteiger partial charge on any atom is -0.474 e. The lowest BCUT2D eigenvalue weighted by molar-refractivity contribution is 0.122. The van der Waals surface area contributed by atoms with Crippen LogP contribution in [-0.2, 0) is 11.2 Å². The van der Waals surface area contributed by atoms with Gasteiger partial charge in [0.15, 0.2) is 0 Å². The fourth-order valence-corrected chi connectivity index (χ4v) is 3.25. The third kappa shape index (κ3) is 3.54. The second-order valence-electron chi connectivity index (χ2n) is 6.58. The number of ether oxygens (including phenoxy) is 2. The van der Waals surface area contributed by atoms with Gasteiger partial charge in [-0.25, -0.2) is 4.39 Å². The van der Waals surface area contributed by atoms with Gasteiger partial charge in [0.2, 0.25) is 5.88 Å². The molecule has 2 aliphatic heterocycles. The number of halogens is 1. The molecule has 1 unspecified atom stereocenters. The third-order valence-corrected chi connectivity index (χ3v) is 4.53. The maximum Gasteiger partial charge on any atom is 0.239 e. The first-order valence-corrected chi connectivity index (χ1v) is 8.69. The number of hydrogen-bond acceptors (Lipinski definition) is 5. The predicted octanol–water partition coefficient (Wildman–Crippen LogP) is 2.84. The summed E-state index contributed by atoms with van der Waals surface area (Å²) in [5.74, 6) is 1.37. The maximum absolute atomic E-state index is 13.2. The fourth-order valence-electron chi connectivity index (χ4n) is 3.25. The minimum atomic E-state index is -0.218. The number of morpholine rings is 1. The van der Waals surface area contributed by atoms with Crippen molar-refractivity contribution in [1.29, 1.82) is 0 Å². The van der Waals surface area contributed by atoms with Crippen molar-refractivity contribution in [2.45, 2.75) is 19.4 Å². The van der Waals surface area contributed by atoms with Crippen LogP contribution in [0.25, 0.3) is 0 Å². The van der Waals surface area contributed by atoms with Crippen LogP contribution in [0.3, 0.4) is 0 Å². The molecule has 3 heterocycles. The second-order valence-corrected chi connectivity index (χ2v) is 6.58. The van der Waals surface area contributed by atoms with Crippen molar-refractivity contribution in [2.24, 2.45) is 0 Å². The molecule has 1 saturated heterocycles. The molecule has 1 aromatic heterocycles. The Bertz CT molecular complexity index is 745. The van der Waals surface area contributed by atoms with Gasteiger partial charge in [-0.3, -0.25) is 0 Å². The van der Waals surface area contributed by atoms with Crippen LogP contribution in [0.15, 0.2) is 30.3 Å². The van der Waals surface area contributed by atoms with E-state index in [1.54, 1.807) is 0 Å². The van der Waals surface area contributed by atoms with Gasteiger partial charge in [0.25, 0.3) is 0 Å². The summed E-state index contributed by atoms with van der Waals surface area (Å²) in [4.78, 5) is 7.04. The van der Waals surface area contributed by atoms with Crippen molar-refractivity contribution in [3.63, 3.8) is 0 Å². The zero-order chi connectivity index (χ0) is 17.2. The first-order valence-electron chi connectivity index (χ1n) is 8.69. The Balaban J connectivity index is 1.70. The first-order chi connectivity index (χ1) is 12.2. The van der Waals surface area contributed by atoms with Crippen LogP contribution in [0.1, 0.15) is 18.1 Å². The summed E-state index contributed by atoms with van der Waals surface area (Å²) in [5.41, 5.74) is 3.09. The molecule has 5 nitrogen and oxygen atoms in total. The van der Waals surface area contributed by atoms with E-state index < -0.39 is 0 Å². The summed E-state index contributed by atoms with van der Waals surface area (Å²) >= 11 is 0. The molecular weight excluding hydrogens is 321 g/mol. The van der Waals surface area contributed by atoms with E-state index in [9.17, 15) is 4.39 Å². The van der Waals surface area contributed by atoms with Gasteiger partial charge in [0.1, 0.15) is 18.2 Å². The summed E-state index contributed by atoms with van der Waals surface area (Å²) < 4.78 is 24.5. The number of anilines is 2. The van der Waals surface area contributed by atoms with E-state index in [-0.39, 0.29) is 11.9 Å². The van der Waals surface area contributed by atoms with Gasteiger partial charge >= 0.3 is 0 Å². The van der Waals surface area contributed by atoms with Crippen LogP contribution < -0.4 is 15.0 Å². The molecule has 0 saturated carbocycles. The lowest BCUT2D eigenvalue weighted by atomic mass is 10.0. The minimum absolute atomic E-state index is 0.218. The molecule has 0 spiro atoms. The molecule has 0 aliphatic carbocycles. The molecule has 132 valence electrons. The molecule has 1 atom stereocenters. The lowest BCUT2D eigenvalue weighted by Gasteiger charge is -2.32. The van der Waals surface area contributed by atoms with E-state index >= 15 is 0 Å². The molecule has 1 aromatic carbocycles. The Morgan fingerprint density at radius 1 is 1.24 bits per heavy atom. The highest BCUT2D eigenvalue weighted by molar-refractivity contribution is 5.64. The first kappa shape index (κ1) is 16.1. The van der Waals surface area contributed by atoms with Crippen molar-refractivity contribution in [1.82, 2.24) is 4.98 Å². The van der Waals surface area contributed by atoms with Crippen molar-refractivity contribution < 1.29 is 13.9 Å². The fraction of sp³-hybridized carbons (Fsp3) is 0.421. The van der Waals surface area contributed by atoms with Gasteiger partial charge in [-0.15, -0.1) is 0 Å². The Labute approximate surface area is 146 Å². The van der Waals surface area contributed by atoms with E-state index in [2.05, 4.69) is 23.2 Å². The molecule has 25 heavy (non-hydrogen) atoms. The van der Waals surface area contributed by atoms with Gasteiger partial charge in [0, 0.05) is 25.1 Å². The highest BCUT2D eigenvalue weighted by Crippen LogP contribution is 2.34. The quantitative estimate of drug-likeness (QED) is 0.929. The highest BCUT2D eigenvalue weighted by atomic mass is 19.1. The number of hydrogen-bond donors (Lipinski definition) is 1. The standard InChI is InChI=1S/C19H22FN3O2/c1-13-12-25-19-17(21-13)11-15(10-14-2-4-16(20)5-3-14)18(22-19)23-6-8-24-9-7-23/h2-5,11,13,21H,6-10,12H2,1H3. The zero-order valence-corrected chi connectivity index (χ0v) is 14.3. The van der Waals surface area contributed by atoms with E-state index in [4.69, 9.17) is 14.5 Å². The van der Waals surface area contributed by atoms with Gasteiger partial charge in [-0.2, -0.15) is 4.98 Å². The van der Waals surface area contributed by atoms with Crippen molar-refractivity contribution in [2.75, 3.05) is 43.1 Å². The van der Waals surface area contributed by atoms with Crippen LogP contribution >= 0.6 is 0 Å². The molecule has 0 radical (unpaired) electrons. The zero-order valence-electron chi connectivity index (χ0n) is 14.3. The van der Waals surface area contributed by atoms with Crippen molar-refractivity contribution in [3.8, 4) is 5.88 Å². The Hall–Kier alpha value is -2.34. The monoisotopic (exact) mass is 343 g/mol. The average Bonchev–Trinajstić information content (AvgIpc) is 2.64. The maximum atomic E-state index is 13.2. The van der Waals surface area contributed by atoms with Crippen LogP contribution in [0.2, 0.25) is 0 Å². The molecule has 0 amide bonds. The average molecular weight is 343 g/mol. The Morgan fingerprint density at radius 3 is 2.76 bits per heavy atom. The summed E-state index contributed by atoms with van der Waals surface area (Å²) in [6, 6.07) is 9.01. The van der Waals surface area contributed by atoms with Gasteiger partial charge in [0.05, 0.1) is 24.9 Å². The molecule has 2 aliphatic rings. The van der Waals surface area contributed by atoms with E-state index in [0.29, 0.717) is 32.1 Å². The van der Waals surface area contributed by atoms with Crippen molar-refractivity contribution >= 4 is 11.5 Å². The number of nitrogens with zero attached hydrogens (tertiary/aromatic N) is 2. The van der Waals surface area contributed by atoms with Crippen LogP contribution in [0.5, 0.6) is 5.88 Å². The number of pyridine rings is 1. The summed E-state index contributed by atoms with van der Waals surface area (Å²) in [5, 5.41) is 3.43. The molecular formula is C19H22FN3O2. The lowest BCUT2D eigenvalue weighted by Crippen LogP contribution is -2.38. The molecule has 1 N–H and O–H groups in total. The number of benzene rings is 1. The SMILES string of the molecule is CC1COc2nc(N3CCOCC3)c(Cc3ccc(F)cc3)cc2N1. The van der Waals surface area contributed by atoms with Gasteiger partial charge in [-0.05, 0) is 30.7 Å². The number of aromatic nitrogens is 1. The van der Waals surface area contributed by atoms with E-state index in [1.807, 2.05) is 12.1 Å². The topological polar surface area (TPSA) is 46.6 Å². The number of rotatable bonds is 3.